The SMILES string of the molecule is CC(N(C)C)C(C)(C)[SiH3]. The Morgan fingerprint density at radius 1 is 1.33 bits per heavy atom. The van der Waals surface area contributed by atoms with Gasteiger partial charge in [0, 0.05) is 16.3 Å². The third kappa shape index (κ3) is 3.01. The zero-order chi connectivity index (χ0) is 7.65. The fourth-order valence-electron chi connectivity index (χ4n) is 0.775. The van der Waals surface area contributed by atoms with Crippen molar-refractivity contribution in [2.24, 2.45) is 0 Å². The van der Waals surface area contributed by atoms with Gasteiger partial charge in [0.05, 0.1) is 0 Å². The van der Waals surface area contributed by atoms with Gasteiger partial charge in [-0.2, -0.15) is 0 Å². The molecule has 0 fully saturated rings. The Kier molecular flexibility index (Phi) is 2.90. The van der Waals surface area contributed by atoms with Gasteiger partial charge < -0.3 is 4.90 Å². The van der Waals surface area contributed by atoms with Gasteiger partial charge in [-0.3, -0.25) is 0 Å². The summed E-state index contributed by atoms with van der Waals surface area (Å²) >= 11 is 0. The summed E-state index contributed by atoms with van der Waals surface area (Å²) < 4.78 is 0. The predicted octanol–water partition coefficient (Wildman–Crippen LogP) is 0.500. The molecular weight excluding hydrogens is 126 g/mol. The molecule has 9 heavy (non-hydrogen) atoms. The van der Waals surface area contributed by atoms with Crippen molar-refractivity contribution in [3.63, 3.8) is 0 Å². The summed E-state index contributed by atoms with van der Waals surface area (Å²) in [6.45, 7) is 6.93. The van der Waals surface area contributed by atoms with Gasteiger partial charge in [0.1, 0.15) is 0 Å². The quantitative estimate of drug-likeness (QED) is 0.512. The van der Waals surface area contributed by atoms with Crippen LogP contribution in [0, 0.1) is 0 Å². The van der Waals surface area contributed by atoms with Gasteiger partial charge in [-0.25, -0.2) is 0 Å². The van der Waals surface area contributed by atoms with E-state index < -0.39 is 0 Å². The molecule has 0 aromatic carbocycles. The van der Waals surface area contributed by atoms with Gasteiger partial charge >= 0.3 is 0 Å². The summed E-state index contributed by atoms with van der Waals surface area (Å²) in [4.78, 5) is 2.28. The van der Waals surface area contributed by atoms with Crippen LogP contribution in [0.25, 0.3) is 0 Å². The molecule has 0 rings (SSSR count). The van der Waals surface area contributed by atoms with E-state index in [1.807, 2.05) is 0 Å². The molecule has 0 saturated carbocycles. The van der Waals surface area contributed by atoms with Crippen molar-refractivity contribution in [1.82, 2.24) is 4.90 Å². The first kappa shape index (κ1) is 9.18. The smallest absolute Gasteiger partial charge is 0.0119 e. The van der Waals surface area contributed by atoms with Crippen LogP contribution in [0.15, 0.2) is 0 Å². The maximum Gasteiger partial charge on any atom is 0.0119 e. The van der Waals surface area contributed by atoms with E-state index in [1.165, 1.54) is 10.2 Å². The monoisotopic (exact) mass is 145 g/mol. The fraction of sp³-hybridized carbons (Fsp3) is 1.00. The minimum Gasteiger partial charge on any atom is -0.307 e. The minimum absolute atomic E-state index is 0.545. The van der Waals surface area contributed by atoms with Gasteiger partial charge in [0.2, 0.25) is 0 Å². The molecule has 0 saturated heterocycles. The van der Waals surface area contributed by atoms with Gasteiger partial charge in [-0.15, -0.1) is 0 Å². The van der Waals surface area contributed by atoms with Crippen molar-refractivity contribution < 1.29 is 0 Å². The average molecular weight is 145 g/mol. The maximum absolute atomic E-state index is 2.32. The van der Waals surface area contributed by atoms with E-state index in [1.54, 1.807) is 0 Å². The molecule has 0 heterocycles. The van der Waals surface area contributed by atoms with Crippen LogP contribution in [0.4, 0.5) is 0 Å². The maximum atomic E-state index is 2.32. The summed E-state index contributed by atoms with van der Waals surface area (Å²) in [5.41, 5.74) is 0. The molecule has 1 nitrogen and oxygen atoms in total. The molecule has 1 atom stereocenters. The lowest BCUT2D eigenvalue weighted by Gasteiger charge is -2.32. The van der Waals surface area contributed by atoms with Crippen LogP contribution < -0.4 is 0 Å². The average Bonchev–Trinajstić information content (AvgIpc) is 1.62. The molecule has 0 radical (unpaired) electrons. The zero-order valence-corrected chi connectivity index (χ0v) is 9.52. The van der Waals surface area contributed by atoms with Crippen molar-refractivity contribution in [3.8, 4) is 0 Å². The normalized spacial score (nSPS) is 16.7. The van der Waals surface area contributed by atoms with E-state index in [2.05, 4.69) is 39.8 Å². The molecule has 1 unspecified atom stereocenters. The highest BCUT2D eigenvalue weighted by Gasteiger charge is 2.20. The molecule has 2 heteroatoms. The van der Waals surface area contributed by atoms with Crippen molar-refractivity contribution in [2.45, 2.75) is 31.9 Å². The van der Waals surface area contributed by atoms with E-state index in [-0.39, 0.29) is 0 Å². The fourth-order valence-corrected chi connectivity index (χ4v) is 1.29. The van der Waals surface area contributed by atoms with Crippen LogP contribution in [0.5, 0.6) is 0 Å². The second-order valence-electron chi connectivity index (χ2n) is 4.01. The van der Waals surface area contributed by atoms with Gasteiger partial charge in [0.15, 0.2) is 0 Å². The molecular formula is C7H19NSi. The van der Waals surface area contributed by atoms with Crippen molar-refractivity contribution in [3.05, 3.63) is 0 Å². The first-order valence-corrected chi connectivity index (χ1v) is 4.52. The van der Waals surface area contributed by atoms with Crippen LogP contribution in [0.1, 0.15) is 20.8 Å². The molecule has 0 aliphatic heterocycles. The Morgan fingerprint density at radius 2 is 1.67 bits per heavy atom. The van der Waals surface area contributed by atoms with Crippen molar-refractivity contribution >= 4 is 10.2 Å². The van der Waals surface area contributed by atoms with Gasteiger partial charge in [0.25, 0.3) is 0 Å². The largest absolute Gasteiger partial charge is 0.307 e. The molecule has 56 valence electrons. The van der Waals surface area contributed by atoms with E-state index >= 15 is 0 Å². The minimum atomic E-state index is 0.545. The Balaban J connectivity index is 3.88. The Morgan fingerprint density at radius 3 is 1.67 bits per heavy atom. The van der Waals surface area contributed by atoms with E-state index in [0.717, 1.165) is 0 Å². The molecule has 0 aromatic rings. The molecule has 0 bridgehead atoms. The van der Waals surface area contributed by atoms with E-state index in [9.17, 15) is 0 Å². The van der Waals surface area contributed by atoms with Gasteiger partial charge in [-0.05, 0) is 26.1 Å². The Labute approximate surface area is 61.9 Å². The second kappa shape index (κ2) is 2.84. The summed E-state index contributed by atoms with van der Waals surface area (Å²) in [6, 6.07) is 0.712. The first-order valence-electron chi connectivity index (χ1n) is 3.52. The summed E-state index contributed by atoms with van der Waals surface area (Å²) in [5.74, 6) is 0. The van der Waals surface area contributed by atoms with Crippen molar-refractivity contribution in [1.29, 1.82) is 0 Å². The molecule has 0 aliphatic carbocycles. The molecule has 0 N–H and O–H groups in total. The van der Waals surface area contributed by atoms with E-state index in [4.69, 9.17) is 0 Å². The summed E-state index contributed by atoms with van der Waals surface area (Å²) in [5, 5.41) is 0.545. The highest BCUT2D eigenvalue weighted by atomic mass is 28.1. The predicted molar refractivity (Wildman–Crippen MR) is 47.1 cm³/mol. The number of hydrogen-bond donors (Lipinski definition) is 0. The number of nitrogens with zero attached hydrogens (tertiary/aromatic N) is 1. The summed E-state index contributed by atoms with van der Waals surface area (Å²) in [6.07, 6.45) is 0. The third-order valence-electron chi connectivity index (χ3n) is 2.03. The van der Waals surface area contributed by atoms with E-state index in [0.29, 0.717) is 11.1 Å². The van der Waals surface area contributed by atoms with Crippen LogP contribution in [-0.4, -0.2) is 35.3 Å². The number of rotatable bonds is 2. The Bertz CT molecular complexity index is 83.4. The Hall–Kier alpha value is 0.177. The molecule has 0 aromatic heterocycles. The number of hydrogen-bond acceptors (Lipinski definition) is 1. The molecule has 0 aliphatic rings. The lowest BCUT2D eigenvalue weighted by atomic mass is 10.0. The zero-order valence-electron chi connectivity index (χ0n) is 7.52. The van der Waals surface area contributed by atoms with Crippen LogP contribution >= 0.6 is 0 Å². The van der Waals surface area contributed by atoms with Crippen LogP contribution in [0.2, 0.25) is 5.04 Å². The van der Waals surface area contributed by atoms with Gasteiger partial charge in [-0.1, -0.05) is 13.8 Å². The topological polar surface area (TPSA) is 3.24 Å². The standard InChI is InChI=1S/C7H19NSi/c1-6(8(4)5)7(2,3)9/h6H,1-5,9H3. The molecule has 0 spiro atoms. The van der Waals surface area contributed by atoms with Crippen molar-refractivity contribution in [2.75, 3.05) is 14.1 Å². The first-order chi connectivity index (χ1) is 3.85. The molecule has 0 amide bonds. The lowest BCUT2D eigenvalue weighted by molar-refractivity contribution is 0.262. The highest BCUT2D eigenvalue weighted by Crippen LogP contribution is 2.26. The highest BCUT2D eigenvalue weighted by molar-refractivity contribution is 6.15. The lowest BCUT2D eigenvalue weighted by Crippen LogP contribution is -2.34. The second-order valence-corrected chi connectivity index (χ2v) is 6.58. The van der Waals surface area contributed by atoms with Crippen LogP contribution in [-0.2, 0) is 0 Å². The summed E-state index contributed by atoms with van der Waals surface area (Å²) in [7, 11) is 5.55. The van der Waals surface area contributed by atoms with Crippen LogP contribution in [0.3, 0.4) is 0 Å². The third-order valence-corrected chi connectivity index (χ3v) is 2.86.